The molecule has 2 rings (SSSR count). The van der Waals surface area contributed by atoms with E-state index in [1.807, 2.05) is 27.7 Å². The Morgan fingerprint density at radius 2 is 1.89 bits per heavy atom. The van der Waals surface area contributed by atoms with E-state index in [9.17, 15) is 0 Å². The van der Waals surface area contributed by atoms with Crippen LogP contribution in [0.15, 0.2) is 18.4 Å². The minimum Gasteiger partial charge on any atom is -0.399 e. The molecule has 1 saturated heterocycles. The molecule has 1 aromatic heterocycles. The van der Waals surface area contributed by atoms with Crippen molar-refractivity contribution in [2.75, 3.05) is 7.11 Å². The van der Waals surface area contributed by atoms with Crippen LogP contribution < -0.4 is 5.46 Å². The van der Waals surface area contributed by atoms with Gasteiger partial charge in [0.05, 0.1) is 21.9 Å². The van der Waals surface area contributed by atoms with Gasteiger partial charge in [0.1, 0.15) is 0 Å². The Balaban J connectivity index is 2.48. The van der Waals surface area contributed by atoms with E-state index in [1.54, 1.807) is 0 Å². The maximum Gasteiger partial charge on any atom is 0.496 e. The summed E-state index contributed by atoms with van der Waals surface area (Å²) in [6.07, 6.45) is -0.282. The van der Waals surface area contributed by atoms with Crippen LogP contribution in [-0.2, 0) is 20.7 Å². The van der Waals surface area contributed by atoms with Crippen LogP contribution in [0.2, 0.25) is 0 Å². The monoisotopic (exact) mass is 252 g/mol. The van der Waals surface area contributed by atoms with Crippen LogP contribution in [0.5, 0.6) is 0 Å². The quantitative estimate of drug-likeness (QED) is 0.765. The van der Waals surface area contributed by atoms with E-state index in [4.69, 9.17) is 18.2 Å². The standard InChI is InChI=1S/C13H20BNO3/c1-12(2)13(3,4)18-14(17-12)11-6-10(9-16-5)7-15-8-11/h6-8H,9H2,1-5H3/i6D,7D,8D. The van der Waals surface area contributed by atoms with Crippen molar-refractivity contribution >= 4 is 12.6 Å². The Labute approximate surface area is 113 Å². The van der Waals surface area contributed by atoms with Crippen LogP contribution in [0.1, 0.15) is 37.4 Å². The van der Waals surface area contributed by atoms with Crippen molar-refractivity contribution in [1.29, 1.82) is 0 Å². The number of methoxy groups -OCH3 is 1. The van der Waals surface area contributed by atoms with E-state index in [1.165, 1.54) is 7.11 Å². The lowest BCUT2D eigenvalue weighted by Gasteiger charge is -2.32. The average molecular weight is 252 g/mol. The molecule has 0 unspecified atom stereocenters. The second-order valence-corrected chi connectivity index (χ2v) is 5.37. The number of nitrogens with zero attached hydrogens (tertiary/aromatic N) is 1. The fourth-order valence-corrected chi connectivity index (χ4v) is 1.66. The van der Waals surface area contributed by atoms with E-state index >= 15 is 0 Å². The van der Waals surface area contributed by atoms with Gasteiger partial charge in [-0.2, -0.15) is 0 Å². The van der Waals surface area contributed by atoms with Gasteiger partial charge in [0.25, 0.3) is 0 Å². The number of aromatic nitrogens is 1. The summed E-state index contributed by atoms with van der Waals surface area (Å²) in [5, 5.41) is 0. The minimum absolute atomic E-state index is 0.0281. The van der Waals surface area contributed by atoms with Gasteiger partial charge in [-0.25, -0.2) is 0 Å². The fraction of sp³-hybridized carbons (Fsp3) is 0.615. The van der Waals surface area contributed by atoms with Gasteiger partial charge in [-0.05, 0) is 33.3 Å². The Morgan fingerprint density at radius 3 is 2.44 bits per heavy atom. The molecule has 98 valence electrons. The molecule has 0 atom stereocenters. The molecule has 0 aliphatic carbocycles. The van der Waals surface area contributed by atoms with Crippen molar-refractivity contribution in [3.05, 3.63) is 24.0 Å². The molecule has 0 spiro atoms. The molecule has 0 N–H and O–H groups in total. The van der Waals surface area contributed by atoms with Crippen LogP contribution in [-0.4, -0.2) is 30.4 Å². The highest BCUT2D eigenvalue weighted by molar-refractivity contribution is 6.62. The molecule has 0 aromatic carbocycles. The summed E-state index contributed by atoms with van der Waals surface area (Å²) in [5.41, 5.74) is -0.537. The normalized spacial score (nSPS) is 23.6. The SMILES string of the molecule is [2H]c1nc([2H])c(B2OC(C)(C)C(C)(C)O2)c([2H])c1COC. The van der Waals surface area contributed by atoms with Gasteiger partial charge in [-0.15, -0.1) is 0 Å². The van der Waals surface area contributed by atoms with Crippen LogP contribution in [0.25, 0.3) is 0 Å². The molecule has 1 aliphatic rings. The van der Waals surface area contributed by atoms with Crippen LogP contribution in [0.4, 0.5) is 0 Å². The van der Waals surface area contributed by atoms with Gasteiger partial charge in [0.15, 0.2) is 0 Å². The summed E-state index contributed by atoms with van der Waals surface area (Å²) >= 11 is 0. The molecule has 4 nitrogen and oxygen atoms in total. The van der Waals surface area contributed by atoms with Crippen molar-refractivity contribution < 1.29 is 18.2 Å². The zero-order chi connectivity index (χ0) is 16.0. The average Bonchev–Trinajstić information content (AvgIpc) is 2.53. The van der Waals surface area contributed by atoms with Gasteiger partial charge >= 0.3 is 7.12 Å². The van der Waals surface area contributed by atoms with Crippen molar-refractivity contribution in [3.63, 3.8) is 0 Å². The van der Waals surface area contributed by atoms with Crippen LogP contribution >= 0.6 is 0 Å². The summed E-state index contributed by atoms with van der Waals surface area (Å²) in [7, 11) is 0.654. The molecule has 18 heavy (non-hydrogen) atoms. The third-order valence-electron chi connectivity index (χ3n) is 3.43. The molecular weight excluding hydrogens is 229 g/mol. The molecule has 0 saturated carbocycles. The minimum atomic E-state index is -0.835. The summed E-state index contributed by atoms with van der Waals surface area (Å²) in [4.78, 5) is 3.87. The fourth-order valence-electron chi connectivity index (χ4n) is 1.66. The third kappa shape index (κ3) is 2.43. The third-order valence-corrected chi connectivity index (χ3v) is 3.43. The van der Waals surface area contributed by atoms with Gasteiger partial charge in [0.2, 0.25) is 0 Å². The Bertz CT molecular complexity index is 550. The van der Waals surface area contributed by atoms with E-state index in [-0.39, 0.29) is 30.5 Å². The van der Waals surface area contributed by atoms with E-state index < -0.39 is 18.3 Å². The Morgan fingerprint density at radius 1 is 1.28 bits per heavy atom. The van der Waals surface area contributed by atoms with E-state index in [0.717, 1.165) is 0 Å². The number of ether oxygens (including phenoxy) is 1. The van der Waals surface area contributed by atoms with Crippen molar-refractivity contribution in [3.8, 4) is 0 Å². The van der Waals surface area contributed by atoms with Gasteiger partial charge < -0.3 is 14.0 Å². The molecule has 1 aliphatic heterocycles. The predicted octanol–water partition coefficient (Wildman–Crippen LogP) is 1.53. The molecule has 1 fully saturated rings. The molecule has 0 radical (unpaired) electrons. The zero-order valence-corrected chi connectivity index (χ0v) is 11.5. The van der Waals surface area contributed by atoms with E-state index in [2.05, 4.69) is 4.98 Å². The second kappa shape index (κ2) is 4.65. The second-order valence-electron chi connectivity index (χ2n) is 5.37. The number of hydrogen-bond acceptors (Lipinski definition) is 4. The van der Waals surface area contributed by atoms with Crippen molar-refractivity contribution in [2.45, 2.75) is 45.5 Å². The Kier molecular flexibility index (Phi) is 2.57. The number of pyridine rings is 1. The first-order chi connectivity index (χ1) is 9.60. The Hall–Kier alpha value is -0.905. The molecule has 5 heteroatoms. The number of hydrogen-bond donors (Lipinski definition) is 0. The number of rotatable bonds is 3. The molecular formula is C13H20BNO3. The predicted molar refractivity (Wildman–Crippen MR) is 70.7 cm³/mol. The topological polar surface area (TPSA) is 40.6 Å². The zero-order valence-electron chi connectivity index (χ0n) is 14.5. The lowest BCUT2D eigenvalue weighted by Crippen LogP contribution is -2.41. The molecule has 0 amide bonds. The van der Waals surface area contributed by atoms with Gasteiger partial charge in [-0.3, -0.25) is 4.98 Å². The van der Waals surface area contributed by atoms with Crippen LogP contribution in [0, 0.1) is 0 Å². The highest BCUT2D eigenvalue weighted by Gasteiger charge is 2.51. The van der Waals surface area contributed by atoms with Crippen molar-refractivity contribution in [1.82, 2.24) is 4.98 Å². The van der Waals surface area contributed by atoms with Crippen molar-refractivity contribution in [2.24, 2.45) is 0 Å². The molecule has 0 bridgehead atoms. The summed E-state index contributed by atoms with van der Waals surface area (Å²) in [6, 6.07) is 0.0281. The summed E-state index contributed by atoms with van der Waals surface area (Å²) < 4.78 is 40.7. The smallest absolute Gasteiger partial charge is 0.399 e. The first kappa shape index (κ1) is 9.95. The molecule has 2 heterocycles. The van der Waals surface area contributed by atoms with Gasteiger partial charge in [-0.1, -0.05) is 6.04 Å². The van der Waals surface area contributed by atoms with Crippen LogP contribution in [0.3, 0.4) is 0 Å². The largest absolute Gasteiger partial charge is 0.496 e. The summed E-state index contributed by atoms with van der Waals surface area (Å²) in [6.45, 7) is 7.72. The lowest BCUT2D eigenvalue weighted by atomic mass is 9.80. The first-order valence-corrected chi connectivity index (χ1v) is 5.92. The van der Waals surface area contributed by atoms with E-state index in [0.29, 0.717) is 5.56 Å². The van der Waals surface area contributed by atoms with Gasteiger partial charge in [0, 0.05) is 24.9 Å². The highest BCUT2D eigenvalue weighted by atomic mass is 16.7. The lowest BCUT2D eigenvalue weighted by molar-refractivity contribution is 0.00578. The molecule has 1 aromatic rings. The summed E-state index contributed by atoms with van der Waals surface area (Å²) in [5.74, 6) is 0. The first-order valence-electron chi connectivity index (χ1n) is 7.42. The highest BCUT2D eigenvalue weighted by Crippen LogP contribution is 2.36. The maximum atomic E-state index is 8.24. The maximum absolute atomic E-state index is 8.24.